The number of likely N-dealkylation sites (tertiary alicyclic amines) is 1. The van der Waals surface area contributed by atoms with Crippen molar-refractivity contribution in [1.82, 2.24) is 29.7 Å². The minimum Gasteiger partial charge on any atom is -0.383 e. The predicted octanol–water partition coefficient (Wildman–Crippen LogP) is 0.282. The van der Waals surface area contributed by atoms with Gasteiger partial charge in [0.25, 0.3) is 11.8 Å². The van der Waals surface area contributed by atoms with Crippen molar-refractivity contribution in [3.63, 3.8) is 0 Å². The summed E-state index contributed by atoms with van der Waals surface area (Å²) in [5, 5.41) is 2.82. The number of carbonyl (C=O) groups is 2. The van der Waals surface area contributed by atoms with Crippen LogP contribution in [-0.4, -0.2) is 83.7 Å². The summed E-state index contributed by atoms with van der Waals surface area (Å²) in [6.45, 7) is 1.89. The molecule has 1 saturated heterocycles. The first-order valence-corrected chi connectivity index (χ1v) is 9.50. The normalized spacial score (nSPS) is 16.1. The van der Waals surface area contributed by atoms with Crippen LogP contribution in [-0.2, 0) is 11.8 Å². The summed E-state index contributed by atoms with van der Waals surface area (Å²) in [6.07, 6.45) is 5.63. The first kappa shape index (κ1) is 20.7. The van der Waals surface area contributed by atoms with Gasteiger partial charge in [0.1, 0.15) is 0 Å². The smallest absolute Gasteiger partial charge is 0.289 e. The fourth-order valence-electron chi connectivity index (χ4n) is 3.33. The molecule has 0 aliphatic carbocycles. The first-order valence-electron chi connectivity index (χ1n) is 9.50. The molecule has 0 aromatic carbocycles. The van der Waals surface area contributed by atoms with Gasteiger partial charge in [-0.3, -0.25) is 9.59 Å². The summed E-state index contributed by atoms with van der Waals surface area (Å²) >= 11 is 0. The zero-order valence-electron chi connectivity index (χ0n) is 17.3. The molecule has 1 aliphatic heterocycles. The summed E-state index contributed by atoms with van der Waals surface area (Å²) in [7, 11) is 7.08. The molecule has 0 spiro atoms. The van der Waals surface area contributed by atoms with Gasteiger partial charge in [0.2, 0.25) is 5.95 Å². The molecule has 0 bridgehead atoms. The number of hydrogen-bond donors (Lipinski definition) is 1. The molecule has 2 aromatic rings. The average molecular weight is 401 g/mol. The predicted molar refractivity (Wildman–Crippen MR) is 107 cm³/mol. The lowest BCUT2D eigenvalue weighted by Gasteiger charge is -2.19. The topological polar surface area (TPSA) is 105 Å². The molecular weight excluding hydrogens is 374 g/mol. The highest BCUT2D eigenvalue weighted by Crippen LogP contribution is 2.30. The largest absolute Gasteiger partial charge is 0.383 e. The van der Waals surface area contributed by atoms with Crippen LogP contribution < -0.4 is 10.2 Å². The number of anilines is 1. The number of methoxy groups -OCH3 is 1. The Balaban J connectivity index is 1.82. The molecule has 2 amide bonds. The van der Waals surface area contributed by atoms with E-state index in [0.29, 0.717) is 49.3 Å². The number of ether oxygens (including phenoxy) is 1. The second-order valence-corrected chi connectivity index (χ2v) is 7.21. The van der Waals surface area contributed by atoms with E-state index in [9.17, 15) is 9.59 Å². The molecule has 0 radical (unpaired) electrons. The number of amides is 2. The van der Waals surface area contributed by atoms with Gasteiger partial charge in [-0.2, -0.15) is 0 Å². The second-order valence-electron chi connectivity index (χ2n) is 7.21. The van der Waals surface area contributed by atoms with Crippen LogP contribution in [0.25, 0.3) is 0 Å². The molecule has 10 heteroatoms. The summed E-state index contributed by atoms with van der Waals surface area (Å²) in [5.74, 6) is 0.524. The number of rotatable bonds is 7. The van der Waals surface area contributed by atoms with Crippen LogP contribution in [0, 0.1) is 0 Å². The van der Waals surface area contributed by atoms with Crippen LogP contribution in [0.5, 0.6) is 0 Å². The summed E-state index contributed by atoms with van der Waals surface area (Å²) in [4.78, 5) is 42.1. The number of nitrogens with one attached hydrogen (secondary N) is 1. The van der Waals surface area contributed by atoms with Gasteiger partial charge in [-0.1, -0.05) is 0 Å². The van der Waals surface area contributed by atoms with Crippen LogP contribution in [0.2, 0.25) is 0 Å². The SMILES string of the molecule is COCCNC(=O)c1cnc(N(C)C)nc1C1CCN(C(=O)c2nccn2C)C1. The standard InChI is InChI=1S/C19H27N7O3/c1-24(2)19-22-11-14(17(27)21-7-10-29-4)15(23-19)13-5-8-26(12-13)18(28)16-20-6-9-25(16)3/h6,9,11,13H,5,7-8,10,12H2,1-4H3,(H,21,27). The van der Waals surface area contributed by atoms with E-state index >= 15 is 0 Å². The number of aryl methyl sites for hydroxylation is 1. The van der Waals surface area contributed by atoms with E-state index in [-0.39, 0.29) is 17.7 Å². The molecule has 1 aliphatic rings. The van der Waals surface area contributed by atoms with Gasteiger partial charge in [-0.05, 0) is 6.42 Å². The van der Waals surface area contributed by atoms with Gasteiger partial charge >= 0.3 is 0 Å². The Morgan fingerprint density at radius 1 is 1.34 bits per heavy atom. The highest BCUT2D eigenvalue weighted by atomic mass is 16.5. The Morgan fingerprint density at radius 2 is 2.14 bits per heavy atom. The van der Waals surface area contributed by atoms with Crippen molar-refractivity contribution in [2.24, 2.45) is 7.05 Å². The van der Waals surface area contributed by atoms with E-state index in [0.717, 1.165) is 6.42 Å². The molecule has 29 heavy (non-hydrogen) atoms. The van der Waals surface area contributed by atoms with Crippen LogP contribution in [0.15, 0.2) is 18.6 Å². The molecule has 0 saturated carbocycles. The molecule has 1 N–H and O–H groups in total. The Morgan fingerprint density at radius 3 is 2.79 bits per heavy atom. The minimum absolute atomic E-state index is 0.0518. The zero-order chi connectivity index (χ0) is 21.0. The van der Waals surface area contributed by atoms with Crippen molar-refractivity contribution >= 4 is 17.8 Å². The van der Waals surface area contributed by atoms with Gasteiger partial charge in [-0.25, -0.2) is 15.0 Å². The summed E-state index contributed by atoms with van der Waals surface area (Å²) in [5.41, 5.74) is 1.09. The van der Waals surface area contributed by atoms with E-state index in [1.165, 1.54) is 0 Å². The molecule has 3 heterocycles. The third-order valence-electron chi connectivity index (χ3n) is 4.92. The quantitative estimate of drug-likeness (QED) is 0.665. The molecule has 1 fully saturated rings. The number of imidazole rings is 1. The Hall–Kier alpha value is -3.01. The Bertz CT molecular complexity index is 880. The first-order chi connectivity index (χ1) is 13.9. The number of nitrogens with zero attached hydrogens (tertiary/aromatic N) is 6. The van der Waals surface area contributed by atoms with Crippen LogP contribution in [0.4, 0.5) is 5.95 Å². The fraction of sp³-hybridized carbons (Fsp3) is 0.526. The zero-order valence-corrected chi connectivity index (χ0v) is 17.3. The molecule has 1 atom stereocenters. The molecule has 10 nitrogen and oxygen atoms in total. The maximum absolute atomic E-state index is 12.8. The lowest BCUT2D eigenvalue weighted by Crippen LogP contribution is -2.32. The molecular formula is C19H27N7O3. The maximum atomic E-state index is 12.8. The fourth-order valence-corrected chi connectivity index (χ4v) is 3.33. The summed E-state index contributed by atoms with van der Waals surface area (Å²) < 4.78 is 6.70. The molecule has 2 aromatic heterocycles. The third-order valence-corrected chi connectivity index (χ3v) is 4.92. The monoisotopic (exact) mass is 401 g/mol. The third kappa shape index (κ3) is 4.53. The number of carbonyl (C=O) groups excluding carboxylic acids is 2. The second kappa shape index (κ2) is 8.99. The van der Waals surface area contributed by atoms with Crippen LogP contribution in [0.1, 0.15) is 39.0 Å². The molecule has 3 rings (SSSR count). The van der Waals surface area contributed by atoms with Gasteiger partial charge in [0.05, 0.1) is 17.9 Å². The lowest BCUT2D eigenvalue weighted by molar-refractivity contribution is 0.0775. The molecule has 1 unspecified atom stereocenters. The maximum Gasteiger partial charge on any atom is 0.289 e. The van der Waals surface area contributed by atoms with Crippen LogP contribution in [0.3, 0.4) is 0 Å². The van der Waals surface area contributed by atoms with Crippen molar-refractivity contribution in [1.29, 1.82) is 0 Å². The Labute approximate surface area is 169 Å². The lowest BCUT2D eigenvalue weighted by atomic mass is 10.00. The van der Waals surface area contributed by atoms with Crippen molar-refractivity contribution < 1.29 is 14.3 Å². The van der Waals surface area contributed by atoms with Crippen molar-refractivity contribution in [2.75, 3.05) is 52.3 Å². The highest BCUT2D eigenvalue weighted by molar-refractivity contribution is 5.95. The van der Waals surface area contributed by atoms with E-state index < -0.39 is 0 Å². The van der Waals surface area contributed by atoms with Gasteiger partial charge in [0, 0.05) is 72.4 Å². The highest BCUT2D eigenvalue weighted by Gasteiger charge is 2.33. The average Bonchev–Trinajstić information content (AvgIpc) is 3.36. The van der Waals surface area contributed by atoms with Crippen LogP contribution >= 0.6 is 0 Å². The minimum atomic E-state index is -0.240. The van der Waals surface area contributed by atoms with Crippen molar-refractivity contribution in [2.45, 2.75) is 12.3 Å². The summed E-state index contributed by atoms with van der Waals surface area (Å²) in [6, 6.07) is 0. The Kier molecular flexibility index (Phi) is 6.42. The van der Waals surface area contributed by atoms with Crippen molar-refractivity contribution in [3.05, 3.63) is 35.7 Å². The number of aromatic nitrogens is 4. The van der Waals surface area contributed by atoms with E-state index in [1.807, 2.05) is 14.1 Å². The van der Waals surface area contributed by atoms with Gasteiger partial charge in [-0.15, -0.1) is 0 Å². The number of hydrogen-bond acceptors (Lipinski definition) is 7. The van der Waals surface area contributed by atoms with E-state index in [2.05, 4.69) is 20.3 Å². The molecule has 156 valence electrons. The van der Waals surface area contributed by atoms with E-state index in [1.54, 1.807) is 47.1 Å². The van der Waals surface area contributed by atoms with Crippen molar-refractivity contribution in [3.8, 4) is 0 Å². The van der Waals surface area contributed by atoms with Gasteiger partial charge in [0.15, 0.2) is 5.82 Å². The van der Waals surface area contributed by atoms with Gasteiger partial charge < -0.3 is 24.4 Å². The van der Waals surface area contributed by atoms with E-state index in [4.69, 9.17) is 4.74 Å².